The Kier molecular flexibility index (Phi) is 3.63. The van der Waals surface area contributed by atoms with Crippen molar-refractivity contribution in [3.8, 4) is 0 Å². The highest BCUT2D eigenvalue weighted by atomic mass is 19.4. The van der Waals surface area contributed by atoms with E-state index >= 15 is 0 Å². The van der Waals surface area contributed by atoms with Crippen LogP contribution in [0.4, 0.5) is 13.2 Å². The molecule has 0 unspecified atom stereocenters. The van der Waals surface area contributed by atoms with Crippen molar-refractivity contribution in [3.05, 3.63) is 41.2 Å². The molecule has 2 aromatic rings. The maximum atomic E-state index is 12.7. The molecule has 8 heteroatoms. The van der Waals surface area contributed by atoms with Gasteiger partial charge in [0.15, 0.2) is 0 Å². The zero-order chi connectivity index (χ0) is 15.8. The van der Waals surface area contributed by atoms with E-state index in [1.54, 1.807) is 0 Å². The average Bonchev–Trinajstić information content (AvgIpc) is 2.83. The van der Waals surface area contributed by atoms with Crippen LogP contribution in [0.1, 0.15) is 26.4 Å². The van der Waals surface area contributed by atoms with Gasteiger partial charge in [0.05, 0.1) is 30.9 Å². The second-order valence-electron chi connectivity index (χ2n) is 4.09. The van der Waals surface area contributed by atoms with E-state index in [2.05, 4.69) is 9.47 Å². The third-order valence-electron chi connectivity index (χ3n) is 2.90. The van der Waals surface area contributed by atoms with Crippen molar-refractivity contribution in [3.63, 3.8) is 0 Å². The van der Waals surface area contributed by atoms with Gasteiger partial charge in [-0.25, -0.2) is 9.59 Å². The number of rotatable bonds is 2. The molecular weight excluding hydrogens is 291 g/mol. The summed E-state index contributed by atoms with van der Waals surface area (Å²) >= 11 is 0. The topological polar surface area (TPSA) is 57.0 Å². The second-order valence-corrected chi connectivity index (χ2v) is 4.09. The van der Waals surface area contributed by atoms with E-state index in [1.807, 2.05) is 0 Å². The number of halogens is 3. The maximum Gasteiger partial charge on any atom is 0.416 e. The fraction of sp³-hybridized carbons (Fsp3) is 0.231. The lowest BCUT2D eigenvalue weighted by Crippen LogP contribution is -2.08. The standard InChI is InChI=1S/C13H10F3NO4/c1-20-11(18)8-6-10(12(19)21-2)17-4-3-7(5-9(8)17)13(14,15)16/h3-6H,1-2H3. The van der Waals surface area contributed by atoms with Crippen molar-refractivity contribution in [2.24, 2.45) is 0 Å². The van der Waals surface area contributed by atoms with Gasteiger partial charge in [-0.05, 0) is 18.2 Å². The summed E-state index contributed by atoms with van der Waals surface area (Å²) in [5, 5.41) is 0. The first-order chi connectivity index (χ1) is 9.79. The fourth-order valence-corrected chi connectivity index (χ4v) is 1.91. The number of alkyl halides is 3. The average molecular weight is 301 g/mol. The Balaban J connectivity index is 2.76. The highest BCUT2D eigenvalue weighted by molar-refractivity contribution is 6.01. The minimum absolute atomic E-state index is 0.0679. The maximum absolute atomic E-state index is 12.7. The van der Waals surface area contributed by atoms with Gasteiger partial charge in [-0.3, -0.25) is 0 Å². The molecule has 0 atom stereocenters. The van der Waals surface area contributed by atoms with Gasteiger partial charge in [0, 0.05) is 6.20 Å². The third kappa shape index (κ3) is 2.56. The van der Waals surface area contributed by atoms with Crippen molar-refractivity contribution in [2.75, 3.05) is 14.2 Å². The summed E-state index contributed by atoms with van der Waals surface area (Å²) in [5.41, 5.74) is -1.24. The second kappa shape index (κ2) is 5.12. The van der Waals surface area contributed by atoms with E-state index < -0.39 is 23.7 Å². The fourth-order valence-electron chi connectivity index (χ4n) is 1.91. The van der Waals surface area contributed by atoms with Crippen LogP contribution >= 0.6 is 0 Å². The molecule has 0 aliphatic rings. The number of carbonyl (C=O) groups is 2. The number of hydrogen-bond donors (Lipinski definition) is 0. The predicted molar refractivity (Wildman–Crippen MR) is 65.1 cm³/mol. The summed E-state index contributed by atoms with van der Waals surface area (Å²) < 4.78 is 48.4. The van der Waals surface area contributed by atoms with E-state index in [4.69, 9.17) is 0 Å². The van der Waals surface area contributed by atoms with Crippen LogP contribution in [-0.4, -0.2) is 30.6 Å². The normalized spacial score (nSPS) is 11.5. The number of pyridine rings is 1. The summed E-state index contributed by atoms with van der Waals surface area (Å²) in [6, 6.07) is 2.71. The number of carbonyl (C=O) groups excluding carboxylic acids is 2. The zero-order valence-electron chi connectivity index (χ0n) is 11.0. The van der Waals surface area contributed by atoms with Crippen molar-refractivity contribution in [1.82, 2.24) is 4.40 Å². The summed E-state index contributed by atoms with van der Waals surface area (Å²) in [6.45, 7) is 0. The minimum atomic E-state index is -4.56. The summed E-state index contributed by atoms with van der Waals surface area (Å²) in [4.78, 5) is 23.3. The number of aromatic nitrogens is 1. The first-order valence-electron chi connectivity index (χ1n) is 5.68. The zero-order valence-corrected chi connectivity index (χ0v) is 11.0. The molecule has 0 saturated heterocycles. The first-order valence-corrected chi connectivity index (χ1v) is 5.68. The Morgan fingerprint density at radius 1 is 1.10 bits per heavy atom. The van der Waals surface area contributed by atoms with Gasteiger partial charge in [-0.15, -0.1) is 0 Å². The number of fused-ring (bicyclic) bond motifs is 1. The van der Waals surface area contributed by atoms with Crippen LogP contribution in [-0.2, 0) is 15.7 Å². The molecule has 0 aliphatic heterocycles. The number of esters is 2. The molecule has 5 nitrogen and oxygen atoms in total. The van der Waals surface area contributed by atoms with E-state index in [-0.39, 0.29) is 16.8 Å². The third-order valence-corrected chi connectivity index (χ3v) is 2.90. The van der Waals surface area contributed by atoms with Crippen LogP contribution in [0.3, 0.4) is 0 Å². The molecule has 0 spiro atoms. The lowest BCUT2D eigenvalue weighted by molar-refractivity contribution is -0.137. The molecule has 0 aliphatic carbocycles. The quantitative estimate of drug-likeness (QED) is 0.800. The molecule has 112 valence electrons. The smallest absolute Gasteiger partial charge is 0.416 e. The predicted octanol–water partition coefficient (Wildman–Crippen LogP) is 2.53. The minimum Gasteiger partial charge on any atom is -0.465 e. The van der Waals surface area contributed by atoms with Crippen molar-refractivity contribution in [2.45, 2.75) is 6.18 Å². The van der Waals surface area contributed by atoms with Crippen LogP contribution < -0.4 is 0 Å². The van der Waals surface area contributed by atoms with Gasteiger partial charge < -0.3 is 13.9 Å². The number of nitrogens with zero attached hydrogens (tertiary/aromatic N) is 1. The molecule has 2 aromatic heterocycles. The Hall–Kier alpha value is -2.51. The van der Waals surface area contributed by atoms with Gasteiger partial charge >= 0.3 is 18.1 Å². The first kappa shape index (κ1) is 14.9. The van der Waals surface area contributed by atoms with E-state index in [0.717, 1.165) is 43.0 Å². The van der Waals surface area contributed by atoms with Crippen LogP contribution in [0.15, 0.2) is 24.4 Å². The SMILES string of the molecule is COC(=O)c1cc(C(=O)OC)n2ccc(C(F)(F)F)cc12. The summed E-state index contributed by atoms with van der Waals surface area (Å²) in [7, 11) is 2.22. The van der Waals surface area contributed by atoms with Crippen molar-refractivity contribution >= 4 is 17.5 Å². The Morgan fingerprint density at radius 2 is 1.71 bits per heavy atom. The van der Waals surface area contributed by atoms with E-state index in [1.165, 1.54) is 0 Å². The Morgan fingerprint density at radius 3 is 2.24 bits per heavy atom. The largest absolute Gasteiger partial charge is 0.465 e. The number of hydrogen-bond acceptors (Lipinski definition) is 4. The molecule has 0 aromatic carbocycles. The molecule has 2 rings (SSSR count). The highest BCUT2D eigenvalue weighted by Gasteiger charge is 2.32. The number of methoxy groups -OCH3 is 2. The van der Waals surface area contributed by atoms with Crippen LogP contribution in [0.25, 0.3) is 5.52 Å². The molecule has 0 bridgehead atoms. The highest BCUT2D eigenvalue weighted by Crippen LogP contribution is 2.31. The Bertz CT molecular complexity index is 718. The molecule has 0 amide bonds. The van der Waals surface area contributed by atoms with Gasteiger partial charge in [0.25, 0.3) is 0 Å². The van der Waals surface area contributed by atoms with Crippen molar-refractivity contribution in [1.29, 1.82) is 0 Å². The van der Waals surface area contributed by atoms with Gasteiger partial charge in [-0.1, -0.05) is 0 Å². The summed E-state index contributed by atoms with van der Waals surface area (Å²) in [5.74, 6) is -1.62. The Labute approximate surface area is 116 Å². The molecule has 0 radical (unpaired) electrons. The molecule has 21 heavy (non-hydrogen) atoms. The van der Waals surface area contributed by atoms with Gasteiger partial charge in [-0.2, -0.15) is 13.2 Å². The van der Waals surface area contributed by atoms with Crippen LogP contribution in [0.5, 0.6) is 0 Å². The van der Waals surface area contributed by atoms with Gasteiger partial charge in [0.1, 0.15) is 5.69 Å². The number of ether oxygens (including phenoxy) is 2. The van der Waals surface area contributed by atoms with E-state index in [0.29, 0.717) is 0 Å². The molecular formula is C13H10F3NO4. The van der Waals surface area contributed by atoms with Crippen molar-refractivity contribution < 1.29 is 32.2 Å². The lowest BCUT2D eigenvalue weighted by Gasteiger charge is -2.08. The lowest BCUT2D eigenvalue weighted by atomic mass is 10.2. The van der Waals surface area contributed by atoms with E-state index in [9.17, 15) is 22.8 Å². The molecule has 0 saturated carbocycles. The molecule has 0 fully saturated rings. The van der Waals surface area contributed by atoms with Crippen LogP contribution in [0, 0.1) is 0 Å². The molecule has 2 heterocycles. The van der Waals surface area contributed by atoms with Crippen LogP contribution in [0.2, 0.25) is 0 Å². The van der Waals surface area contributed by atoms with Gasteiger partial charge in [0.2, 0.25) is 0 Å². The summed E-state index contributed by atoms with van der Waals surface area (Å²) in [6.07, 6.45) is -3.51. The molecule has 0 N–H and O–H groups in total. The monoisotopic (exact) mass is 301 g/mol.